The predicted molar refractivity (Wildman–Crippen MR) is 114 cm³/mol. The van der Waals surface area contributed by atoms with Gasteiger partial charge in [-0.1, -0.05) is 64.7 Å². The Morgan fingerprint density at radius 3 is 2.59 bits per heavy atom. The summed E-state index contributed by atoms with van der Waals surface area (Å²) in [6.07, 6.45) is 5.76. The second-order valence-corrected chi connectivity index (χ2v) is 7.86. The SMILES string of the molecule is CCCCCCCOc1ccccc1C1NC(=O)NC(C)=C1C(=O)OCC(C)C. The maximum atomic E-state index is 12.8. The van der Waals surface area contributed by atoms with Crippen molar-refractivity contribution in [2.24, 2.45) is 5.92 Å². The zero-order valence-corrected chi connectivity index (χ0v) is 18.0. The Labute approximate surface area is 174 Å². The third kappa shape index (κ3) is 6.80. The Bertz CT molecular complexity index is 727. The number of esters is 1. The van der Waals surface area contributed by atoms with Crippen LogP contribution in [0.25, 0.3) is 0 Å². The van der Waals surface area contributed by atoms with Crippen molar-refractivity contribution in [3.8, 4) is 5.75 Å². The van der Waals surface area contributed by atoms with Crippen LogP contribution in [0.5, 0.6) is 5.75 Å². The van der Waals surface area contributed by atoms with Crippen LogP contribution >= 0.6 is 0 Å². The molecule has 0 radical (unpaired) electrons. The van der Waals surface area contributed by atoms with Gasteiger partial charge >= 0.3 is 12.0 Å². The molecule has 0 aliphatic carbocycles. The number of para-hydroxylation sites is 1. The highest BCUT2D eigenvalue weighted by Crippen LogP contribution is 2.33. The van der Waals surface area contributed by atoms with Crippen LogP contribution in [0.3, 0.4) is 0 Å². The zero-order valence-electron chi connectivity index (χ0n) is 18.0. The van der Waals surface area contributed by atoms with E-state index in [1.54, 1.807) is 6.92 Å². The molecule has 0 aromatic heterocycles. The molecule has 6 heteroatoms. The molecule has 1 aromatic carbocycles. The van der Waals surface area contributed by atoms with E-state index in [-0.39, 0.29) is 11.9 Å². The number of nitrogens with one attached hydrogen (secondary N) is 2. The van der Waals surface area contributed by atoms with Crippen LogP contribution in [0, 0.1) is 5.92 Å². The third-order valence-electron chi connectivity index (χ3n) is 4.77. The molecule has 1 atom stereocenters. The third-order valence-corrected chi connectivity index (χ3v) is 4.77. The predicted octanol–water partition coefficient (Wildman–Crippen LogP) is 4.86. The zero-order chi connectivity index (χ0) is 21.2. The van der Waals surface area contributed by atoms with Crippen LogP contribution in [0.4, 0.5) is 4.79 Å². The first-order valence-corrected chi connectivity index (χ1v) is 10.6. The van der Waals surface area contributed by atoms with Gasteiger partial charge < -0.3 is 20.1 Å². The highest BCUT2D eigenvalue weighted by Gasteiger charge is 2.33. The smallest absolute Gasteiger partial charge is 0.338 e. The molecular weight excluding hydrogens is 368 g/mol. The monoisotopic (exact) mass is 402 g/mol. The molecule has 2 amide bonds. The molecule has 0 spiro atoms. The topological polar surface area (TPSA) is 76.7 Å². The number of allylic oxidation sites excluding steroid dienone is 1. The van der Waals surface area contributed by atoms with E-state index in [9.17, 15) is 9.59 Å². The largest absolute Gasteiger partial charge is 0.493 e. The minimum absolute atomic E-state index is 0.229. The normalized spacial score (nSPS) is 16.4. The van der Waals surface area contributed by atoms with Crippen LogP contribution in [-0.4, -0.2) is 25.2 Å². The van der Waals surface area contributed by atoms with Crippen LogP contribution < -0.4 is 15.4 Å². The highest BCUT2D eigenvalue weighted by molar-refractivity contribution is 5.95. The van der Waals surface area contributed by atoms with Crippen molar-refractivity contribution in [3.63, 3.8) is 0 Å². The molecule has 1 heterocycles. The van der Waals surface area contributed by atoms with Crippen molar-refractivity contribution in [1.29, 1.82) is 0 Å². The van der Waals surface area contributed by atoms with E-state index in [1.807, 2.05) is 38.1 Å². The van der Waals surface area contributed by atoms with Crippen molar-refractivity contribution in [2.45, 2.75) is 65.8 Å². The van der Waals surface area contributed by atoms with Crippen molar-refractivity contribution in [1.82, 2.24) is 10.6 Å². The molecule has 0 fully saturated rings. The second kappa shape index (κ2) is 11.5. The summed E-state index contributed by atoms with van der Waals surface area (Å²) in [4.78, 5) is 24.9. The molecule has 2 rings (SSSR count). The van der Waals surface area contributed by atoms with Gasteiger partial charge in [0.1, 0.15) is 5.75 Å². The summed E-state index contributed by atoms with van der Waals surface area (Å²) in [5.74, 6) is 0.480. The van der Waals surface area contributed by atoms with E-state index in [0.29, 0.717) is 30.2 Å². The number of carbonyl (C=O) groups excluding carboxylic acids is 2. The summed E-state index contributed by atoms with van der Waals surface area (Å²) in [6.45, 7) is 8.81. The fourth-order valence-corrected chi connectivity index (χ4v) is 3.26. The molecule has 29 heavy (non-hydrogen) atoms. The van der Waals surface area contributed by atoms with Gasteiger partial charge in [-0.2, -0.15) is 0 Å². The van der Waals surface area contributed by atoms with Gasteiger partial charge in [0.2, 0.25) is 0 Å². The van der Waals surface area contributed by atoms with E-state index in [4.69, 9.17) is 9.47 Å². The van der Waals surface area contributed by atoms with E-state index >= 15 is 0 Å². The maximum absolute atomic E-state index is 12.8. The van der Waals surface area contributed by atoms with Crippen molar-refractivity contribution in [3.05, 3.63) is 41.1 Å². The molecule has 2 N–H and O–H groups in total. The lowest BCUT2D eigenvalue weighted by molar-refractivity contribution is -0.140. The number of carbonyl (C=O) groups is 2. The van der Waals surface area contributed by atoms with Gasteiger partial charge in [0.05, 0.1) is 24.8 Å². The summed E-state index contributed by atoms with van der Waals surface area (Å²) in [5, 5.41) is 5.53. The van der Waals surface area contributed by atoms with Gasteiger partial charge in [-0.25, -0.2) is 9.59 Å². The van der Waals surface area contributed by atoms with Gasteiger partial charge in [0.15, 0.2) is 0 Å². The molecule has 1 aliphatic heterocycles. The molecule has 160 valence electrons. The Kier molecular flexibility index (Phi) is 9.03. The second-order valence-electron chi connectivity index (χ2n) is 7.86. The minimum Gasteiger partial charge on any atom is -0.493 e. The quantitative estimate of drug-likeness (QED) is 0.409. The molecule has 0 saturated heterocycles. The average molecular weight is 403 g/mol. The Morgan fingerprint density at radius 2 is 1.86 bits per heavy atom. The lowest BCUT2D eigenvalue weighted by Gasteiger charge is -2.29. The molecule has 1 unspecified atom stereocenters. The fourth-order valence-electron chi connectivity index (χ4n) is 3.26. The van der Waals surface area contributed by atoms with E-state index in [0.717, 1.165) is 18.4 Å². The molecular formula is C23H34N2O4. The maximum Gasteiger partial charge on any atom is 0.338 e. The van der Waals surface area contributed by atoms with Gasteiger partial charge in [-0.15, -0.1) is 0 Å². The summed E-state index contributed by atoms with van der Waals surface area (Å²) in [6, 6.07) is 6.58. The van der Waals surface area contributed by atoms with Crippen molar-refractivity contribution < 1.29 is 19.1 Å². The van der Waals surface area contributed by atoms with Crippen LogP contribution in [0.15, 0.2) is 35.5 Å². The summed E-state index contributed by atoms with van der Waals surface area (Å²) in [5.41, 5.74) is 1.66. The number of ether oxygens (including phenoxy) is 2. The molecule has 0 bridgehead atoms. The van der Waals surface area contributed by atoms with Crippen molar-refractivity contribution >= 4 is 12.0 Å². The number of benzene rings is 1. The van der Waals surface area contributed by atoms with Gasteiger partial charge in [0, 0.05) is 11.3 Å². The van der Waals surface area contributed by atoms with Crippen molar-refractivity contribution in [2.75, 3.05) is 13.2 Å². The average Bonchev–Trinajstić information content (AvgIpc) is 2.68. The number of hydrogen-bond acceptors (Lipinski definition) is 4. The van der Waals surface area contributed by atoms with E-state index < -0.39 is 12.0 Å². The Balaban J connectivity index is 2.18. The molecule has 1 aliphatic rings. The van der Waals surface area contributed by atoms with Gasteiger partial charge in [-0.3, -0.25) is 0 Å². The van der Waals surface area contributed by atoms with Gasteiger partial charge in [-0.05, 0) is 25.3 Å². The first-order valence-electron chi connectivity index (χ1n) is 10.6. The fraction of sp³-hybridized carbons (Fsp3) is 0.565. The first-order chi connectivity index (χ1) is 13.9. The van der Waals surface area contributed by atoms with E-state index in [2.05, 4.69) is 17.6 Å². The van der Waals surface area contributed by atoms with Crippen LogP contribution in [-0.2, 0) is 9.53 Å². The van der Waals surface area contributed by atoms with E-state index in [1.165, 1.54) is 19.3 Å². The number of amides is 2. The van der Waals surface area contributed by atoms with Gasteiger partial charge in [0.25, 0.3) is 0 Å². The molecule has 6 nitrogen and oxygen atoms in total. The molecule has 0 saturated carbocycles. The Morgan fingerprint density at radius 1 is 1.14 bits per heavy atom. The number of unbranched alkanes of at least 4 members (excludes halogenated alkanes) is 4. The number of urea groups is 1. The number of rotatable bonds is 11. The van der Waals surface area contributed by atoms with Crippen LogP contribution in [0.2, 0.25) is 0 Å². The summed E-state index contributed by atoms with van der Waals surface area (Å²) >= 11 is 0. The summed E-state index contributed by atoms with van der Waals surface area (Å²) < 4.78 is 11.5. The standard InChI is InChI=1S/C23H34N2O4/c1-5-6-7-8-11-14-28-19-13-10-9-12-18(19)21-20(17(4)24-23(27)25-21)22(26)29-15-16(2)3/h9-10,12-13,16,21H,5-8,11,14-15H2,1-4H3,(H2,24,25,27). The Hall–Kier alpha value is -2.50. The van der Waals surface area contributed by atoms with Crippen LogP contribution in [0.1, 0.15) is 71.4 Å². The highest BCUT2D eigenvalue weighted by atomic mass is 16.5. The molecule has 1 aromatic rings. The summed E-state index contributed by atoms with van der Waals surface area (Å²) in [7, 11) is 0. The first kappa shape index (κ1) is 22.8. The lowest BCUT2D eigenvalue weighted by atomic mass is 9.95. The lowest BCUT2D eigenvalue weighted by Crippen LogP contribution is -2.45. The minimum atomic E-state index is -0.611. The number of hydrogen-bond donors (Lipinski definition) is 2.